The van der Waals surface area contributed by atoms with Crippen LogP contribution in [-0.4, -0.2) is 32.8 Å². The predicted octanol–water partition coefficient (Wildman–Crippen LogP) is 1.96. The van der Waals surface area contributed by atoms with Crippen LogP contribution in [0.4, 0.5) is 10.2 Å². The van der Waals surface area contributed by atoms with Crippen LogP contribution in [0.1, 0.15) is 10.4 Å². The molecule has 9 heteroatoms. The van der Waals surface area contributed by atoms with Crippen LogP contribution in [0.25, 0.3) is 5.82 Å². The number of aromatic nitrogens is 4. The van der Waals surface area contributed by atoms with E-state index in [0.29, 0.717) is 0 Å². The summed E-state index contributed by atoms with van der Waals surface area (Å²) in [7, 11) is 1.24. The lowest BCUT2D eigenvalue weighted by atomic mass is 10.3. The molecule has 0 aliphatic rings. The standard InChI is InChI=1S/C15H12FN5O3/c1-23-15(22)9-7-20-21(14(9)17)12-6-13(19-8-18-12)24-11-5-3-2-4-10(11)16/h2-8H,17H2,1H3. The largest absolute Gasteiger partial charge is 0.465 e. The number of methoxy groups -OCH3 is 1. The Morgan fingerprint density at radius 1 is 1.29 bits per heavy atom. The number of anilines is 1. The molecule has 0 unspecified atom stereocenters. The minimum Gasteiger partial charge on any atom is -0.465 e. The number of benzene rings is 1. The van der Waals surface area contributed by atoms with Crippen molar-refractivity contribution in [2.24, 2.45) is 0 Å². The molecule has 2 N–H and O–H groups in total. The minimum absolute atomic E-state index is 0.0193. The number of rotatable bonds is 4. The van der Waals surface area contributed by atoms with Crippen LogP contribution < -0.4 is 10.5 Å². The second-order valence-electron chi connectivity index (χ2n) is 4.59. The highest BCUT2D eigenvalue weighted by Crippen LogP contribution is 2.24. The summed E-state index contributed by atoms with van der Waals surface area (Å²) in [4.78, 5) is 19.5. The van der Waals surface area contributed by atoms with Crippen molar-refractivity contribution in [2.75, 3.05) is 12.8 Å². The number of halogens is 1. The van der Waals surface area contributed by atoms with Gasteiger partial charge in [-0.15, -0.1) is 0 Å². The molecule has 0 radical (unpaired) electrons. The van der Waals surface area contributed by atoms with Crippen molar-refractivity contribution in [1.82, 2.24) is 19.7 Å². The van der Waals surface area contributed by atoms with Gasteiger partial charge < -0.3 is 15.2 Å². The molecule has 3 rings (SSSR count). The number of hydrogen-bond donors (Lipinski definition) is 1. The quantitative estimate of drug-likeness (QED) is 0.729. The van der Waals surface area contributed by atoms with Crippen LogP contribution in [0.5, 0.6) is 11.6 Å². The van der Waals surface area contributed by atoms with Crippen molar-refractivity contribution in [1.29, 1.82) is 0 Å². The minimum atomic E-state index is -0.615. The molecular formula is C15H12FN5O3. The second-order valence-corrected chi connectivity index (χ2v) is 4.59. The Bertz CT molecular complexity index is 896. The Balaban J connectivity index is 1.93. The maximum absolute atomic E-state index is 13.6. The molecule has 0 saturated carbocycles. The molecule has 0 fully saturated rings. The van der Waals surface area contributed by atoms with Crippen LogP contribution in [0.3, 0.4) is 0 Å². The summed E-state index contributed by atoms with van der Waals surface area (Å²) in [6.45, 7) is 0. The zero-order valence-corrected chi connectivity index (χ0v) is 12.5. The molecule has 122 valence electrons. The molecule has 0 bridgehead atoms. The van der Waals surface area contributed by atoms with E-state index in [0.717, 1.165) is 0 Å². The molecule has 0 saturated heterocycles. The number of nitrogen functional groups attached to an aromatic ring is 1. The smallest absolute Gasteiger partial charge is 0.343 e. The van der Waals surface area contributed by atoms with Crippen LogP contribution in [0.15, 0.2) is 42.9 Å². The van der Waals surface area contributed by atoms with E-state index in [4.69, 9.17) is 10.5 Å². The van der Waals surface area contributed by atoms with Crippen LogP contribution >= 0.6 is 0 Å². The summed E-state index contributed by atoms with van der Waals surface area (Å²) in [6.07, 6.45) is 2.48. The third kappa shape index (κ3) is 2.86. The van der Waals surface area contributed by atoms with Crippen LogP contribution in [-0.2, 0) is 4.74 Å². The van der Waals surface area contributed by atoms with E-state index in [1.807, 2.05) is 0 Å². The first kappa shape index (κ1) is 15.4. The van der Waals surface area contributed by atoms with Crippen molar-refractivity contribution >= 4 is 11.8 Å². The van der Waals surface area contributed by atoms with E-state index in [-0.39, 0.29) is 28.8 Å². The summed E-state index contributed by atoms with van der Waals surface area (Å²) in [5, 5.41) is 3.99. The molecule has 2 aromatic heterocycles. The maximum atomic E-state index is 13.6. The number of ether oxygens (including phenoxy) is 2. The third-order valence-electron chi connectivity index (χ3n) is 3.11. The van der Waals surface area contributed by atoms with E-state index in [2.05, 4.69) is 19.8 Å². The van der Waals surface area contributed by atoms with Gasteiger partial charge in [0.05, 0.1) is 13.3 Å². The van der Waals surface area contributed by atoms with Gasteiger partial charge in [-0.2, -0.15) is 9.78 Å². The molecule has 0 aliphatic heterocycles. The summed E-state index contributed by atoms with van der Waals surface area (Å²) in [5.74, 6) is -0.716. The number of hydrogen-bond acceptors (Lipinski definition) is 7. The molecule has 1 aromatic carbocycles. The van der Waals surface area contributed by atoms with Gasteiger partial charge in [0.2, 0.25) is 5.88 Å². The average Bonchev–Trinajstić information content (AvgIpc) is 2.98. The Morgan fingerprint density at radius 2 is 2.08 bits per heavy atom. The first-order valence-electron chi connectivity index (χ1n) is 6.76. The van der Waals surface area contributed by atoms with Crippen molar-refractivity contribution in [3.05, 3.63) is 54.2 Å². The molecule has 8 nitrogen and oxygen atoms in total. The number of carbonyl (C=O) groups excluding carboxylic acids is 1. The predicted molar refractivity (Wildman–Crippen MR) is 81.4 cm³/mol. The number of nitrogens with zero attached hydrogens (tertiary/aromatic N) is 4. The Morgan fingerprint density at radius 3 is 2.83 bits per heavy atom. The van der Waals surface area contributed by atoms with Crippen LogP contribution in [0, 0.1) is 5.82 Å². The molecule has 0 amide bonds. The lowest BCUT2D eigenvalue weighted by Gasteiger charge is -2.07. The Hall–Kier alpha value is -3.49. The van der Waals surface area contributed by atoms with Crippen molar-refractivity contribution in [3.63, 3.8) is 0 Å². The summed E-state index contributed by atoms with van der Waals surface area (Å²) in [5.41, 5.74) is 5.98. The zero-order valence-electron chi connectivity index (χ0n) is 12.5. The summed E-state index contributed by atoms with van der Waals surface area (Å²) in [6, 6.07) is 7.33. The highest BCUT2D eigenvalue weighted by molar-refractivity contribution is 5.94. The molecule has 2 heterocycles. The van der Waals surface area contributed by atoms with E-state index in [1.165, 1.54) is 42.5 Å². The van der Waals surface area contributed by atoms with Crippen molar-refractivity contribution in [3.8, 4) is 17.4 Å². The van der Waals surface area contributed by atoms with Gasteiger partial charge in [0.15, 0.2) is 17.4 Å². The van der Waals surface area contributed by atoms with Gasteiger partial charge in [-0.05, 0) is 12.1 Å². The van der Waals surface area contributed by atoms with E-state index in [9.17, 15) is 9.18 Å². The maximum Gasteiger partial charge on any atom is 0.343 e. The number of carbonyl (C=O) groups is 1. The Labute approximate surface area is 135 Å². The molecule has 0 atom stereocenters. The average molecular weight is 329 g/mol. The number of nitrogens with two attached hydrogens (primary N) is 1. The van der Waals surface area contributed by atoms with Gasteiger partial charge in [0.25, 0.3) is 0 Å². The van der Waals surface area contributed by atoms with Gasteiger partial charge in [0, 0.05) is 6.07 Å². The molecule has 3 aromatic rings. The van der Waals surface area contributed by atoms with Gasteiger partial charge in [-0.3, -0.25) is 0 Å². The molecule has 0 spiro atoms. The summed E-state index contributed by atoms with van der Waals surface area (Å²) >= 11 is 0. The van der Waals surface area contributed by atoms with E-state index < -0.39 is 11.8 Å². The third-order valence-corrected chi connectivity index (χ3v) is 3.11. The van der Waals surface area contributed by atoms with Gasteiger partial charge >= 0.3 is 5.97 Å². The molecule has 0 aliphatic carbocycles. The topological polar surface area (TPSA) is 105 Å². The second kappa shape index (κ2) is 6.32. The van der Waals surface area contributed by atoms with Crippen molar-refractivity contribution in [2.45, 2.75) is 0 Å². The highest BCUT2D eigenvalue weighted by Gasteiger charge is 2.17. The van der Waals surface area contributed by atoms with Gasteiger partial charge in [-0.25, -0.2) is 19.2 Å². The monoisotopic (exact) mass is 329 g/mol. The zero-order chi connectivity index (χ0) is 17.1. The normalized spacial score (nSPS) is 10.4. The highest BCUT2D eigenvalue weighted by atomic mass is 19.1. The number of para-hydroxylation sites is 1. The molecule has 24 heavy (non-hydrogen) atoms. The lowest BCUT2D eigenvalue weighted by molar-refractivity contribution is 0.0602. The van der Waals surface area contributed by atoms with E-state index in [1.54, 1.807) is 12.1 Å². The van der Waals surface area contributed by atoms with Gasteiger partial charge in [0.1, 0.15) is 17.7 Å². The van der Waals surface area contributed by atoms with Crippen molar-refractivity contribution < 1.29 is 18.7 Å². The SMILES string of the molecule is COC(=O)c1cnn(-c2cc(Oc3ccccc3F)ncn2)c1N. The Kier molecular flexibility index (Phi) is 4.06. The first-order valence-corrected chi connectivity index (χ1v) is 6.76. The fraction of sp³-hybridized carbons (Fsp3) is 0.0667. The lowest BCUT2D eigenvalue weighted by Crippen LogP contribution is -2.08. The molecular weight excluding hydrogens is 317 g/mol. The number of esters is 1. The van der Waals surface area contributed by atoms with Crippen LogP contribution in [0.2, 0.25) is 0 Å². The summed E-state index contributed by atoms with van der Waals surface area (Å²) < 4.78 is 24.9. The fourth-order valence-corrected chi connectivity index (χ4v) is 1.95. The van der Waals surface area contributed by atoms with E-state index >= 15 is 0 Å². The fourth-order valence-electron chi connectivity index (χ4n) is 1.95. The first-order chi connectivity index (χ1) is 11.6. The van der Waals surface area contributed by atoms with Gasteiger partial charge in [-0.1, -0.05) is 12.1 Å².